The highest BCUT2D eigenvalue weighted by Crippen LogP contribution is 2.13. The summed E-state index contributed by atoms with van der Waals surface area (Å²) in [6.45, 7) is 3.64. The molecule has 0 spiro atoms. The maximum atomic E-state index is 12.0. The zero-order chi connectivity index (χ0) is 15.1. The van der Waals surface area contributed by atoms with Crippen molar-refractivity contribution in [3.63, 3.8) is 0 Å². The molecular weight excluding hydrogens is 258 g/mol. The smallest absolute Gasteiger partial charge is 0.347 e. The average Bonchev–Trinajstić information content (AvgIpc) is 2.45. The minimum atomic E-state index is -0.783. The van der Waals surface area contributed by atoms with E-state index in [1.165, 1.54) is 7.11 Å². The molecule has 0 aliphatic rings. The van der Waals surface area contributed by atoms with Gasteiger partial charge in [-0.1, -0.05) is 44.2 Å². The van der Waals surface area contributed by atoms with Crippen LogP contribution in [0.3, 0.4) is 0 Å². The van der Waals surface area contributed by atoms with Gasteiger partial charge in [-0.15, -0.1) is 0 Å². The Kier molecular flexibility index (Phi) is 5.77. The van der Waals surface area contributed by atoms with Crippen LogP contribution in [0.4, 0.5) is 0 Å². The number of carbonyl (C=O) groups excluding carboxylic acids is 2. The van der Waals surface area contributed by atoms with Crippen molar-refractivity contribution < 1.29 is 19.1 Å². The molecule has 5 heteroatoms. The lowest BCUT2D eigenvalue weighted by molar-refractivity contribution is -0.146. The summed E-state index contributed by atoms with van der Waals surface area (Å²) in [5, 5.41) is 0. The highest BCUT2D eigenvalue weighted by atomic mass is 16.5. The van der Waals surface area contributed by atoms with Crippen LogP contribution in [0.25, 0.3) is 0 Å². The van der Waals surface area contributed by atoms with Gasteiger partial charge >= 0.3 is 11.9 Å². The van der Waals surface area contributed by atoms with Crippen molar-refractivity contribution in [1.82, 2.24) is 0 Å². The van der Waals surface area contributed by atoms with Crippen molar-refractivity contribution in [3.05, 3.63) is 47.2 Å². The Balaban J connectivity index is 2.85. The first-order valence-electron chi connectivity index (χ1n) is 6.26. The lowest BCUT2D eigenvalue weighted by atomic mass is 10.1. The molecule has 0 aliphatic heterocycles. The summed E-state index contributed by atoms with van der Waals surface area (Å²) in [7, 11) is 1.19. The van der Waals surface area contributed by atoms with Crippen LogP contribution in [0.15, 0.2) is 41.6 Å². The molecule has 0 fully saturated rings. The molecule has 0 aliphatic carbocycles. The van der Waals surface area contributed by atoms with Crippen LogP contribution >= 0.6 is 0 Å². The van der Waals surface area contributed by atoms with Crippen molar-refractivity contribution in [2.75, 3.05) is 7.11 Å². The molecule has 20 heavy (non-hydrogen) atoms. The fraction of sp³-hybridized carbons (Fsp3) is 0.333. The van der Waals surface area contributed by atoms with Crippen LogP contribution in [0, 0.1) is 5.92 Å². The van der Waals surface area contributed by atoms with Gasteiger partial charge in [-0.25, -0.2) is 9.59 Å². The topological polar surface area (TPSA) is 78.6 Å². The predicted molar refractivity (Wildman–Crippen MR) is 74.3 cm³/mol. The molecule has 0 aromatic heterocycles. The molecule has 108 valence electrons. The Hall–Kier alpha value is -2.30. The quantitative estimate of drug-likeness (QED) is 0.384. The average molecular weight is 277 g/mol. The lowest BCUT2D eigenvalue weighted by Gasteiger charge is -2.12. The molecule has 5 nitrogen and oxygen atoms in total. The van der Waals surface area contributed by atoms with E-state index in [0.717, 1.165) is 5.56 Å². The molecule has 0 amide bonds. The Morgan fingerprint density at radius 1 is 1.15 bits per heavy atom. The van der Waals surface area contributed by atoms with Gasteiger partial charge in [-0.2, -0.15) is 0 Å². The van der Waals surface area contributed by atoms with E-state index in [1.54, 1.807) is 13.8 Å². The van der Waals surface area contributed by atoms with E-state index in [0.29, 0.717) is 0 Å². The van der Waals surface area contributed by atoms with E-state index in [-0.39, 0.29) is 23.8 Å². The second-order valence-electron chi connectivity index (χ2n) is 4.54. The largest absolute Gasteiger partial charge is 0.465 e. The number of carbonyl (C=O) groups is 2. The van der Waals surface area contributed by atoms with Crippen LogP contribution in [-0.2, 0) is 25.7 Å². The number of methoxy groups -OCH3 is 1. The highest BCUT2D eigenvalue weighted by Gasteiger charge is 2.25. The molecule has 0 radical (unpaired) electrons. The Morgan fingerprint density at radius 3 is 2.25 bits per heavy atom. The van der Waals surface area contributed by atoms with Gasteiger partial charge in [-0.3, -0.25) is 0 Å². The molecule has 0 bridgehead atoms. The SMILES string of the molecule is COC(=O)C(C(=O)OCc1ccccc1)=C(N)C(C)C. The van der Waals surface area contributed by atoms with Gasteiger partial charge in [0.1, 0.15) is 6.61 Å². The molecule has 1 aromatic rings. The zero-order valence-electron chi connectivity index (χ0n) is 11.9. The number of benzene rings is 1. The van der Waals surface area contributed by atoms with Gasteiger partial charge in [0.2, 0.25) is 0 Å². The minimum Gasteiger partial charge on any atom is -0.465 e. The molecule has 0 atom stereocenters. The second kappa shape index (κ2) is 7.33. The maximum Gasteiger partial charge on any atom is 0.347 e. The molecule has 0 heterocycles. The highest BCUT2D eigenvalue weighted by molar-refractivity contribution is 6.14. The van der Waals surface area contributed by atoms with E-state index >= 15 is 0 Å². The fourth-order valence-corrected chi connectivity index (χ4v) is 1.51. The van der Waals surface area contributed by atoms with Gasteiger partial charge in [0.15, 0.2) is 5.57 Å². The Morgan fingerprint density at radius 2 is 1.75 bits per heavy atom. The van der Waals surface area contributed by atoms with Gasteiger partial charge < -0.3 is 15.2 Å². The van der Waals surface area contributed by atoms with Gasteiger partial charge in [-0.05, 0) is 11.5 Å². The molecule has 0 saturated heterocycles. The first kappa shape index (κ1) is 15.8. The normalized spacial score (nSPS) is 11.8. The van der Waals surface area contributed by atoms with Crippen LogP contribution in [-0.4, -0.2) is 19.0 Å². The first-order valence-corrected chi connectivity index (χ1v) is 6.26. The van der Waals surface area contributed by atoms with Crippen molar-refractivity contribution in [3.8, 4) is 0 Å². The van der Waals surface area contributed by atoms with Crippen molar-refractivity contribution in [1.29, 1.82) is 0 Å². The molecule has 1 rings (SSSR count). The number of allylic oxidation sites excluding steroid dienone is 1. The van der Waals surface area contributed by atoms with Crippen LogP contribution in [0.2, 0.25) is 0 Å². The van der Waals surface area contributed by atoms with E-state index in [9.17, 15) is 9.59 Å². The first-order chi connectivity index (χ1) is 9.47. The van der Waals surface area contributed by atoms with Crippen molar-refractivity contribution >= 4 is 11.9 Å². The number of nitrogens with two attached hydrogens (primary N) is 1. The lowest BCUT2D eigenvalue weighted by Crippen LogP contribution is -2.24. The summed E-state index contributed by atoms with van der Waals surface area (Å²) in [5.41, 5.74) is 6.54. The summed E-state index contributed by atoms with van der Waals surface area (Å²) in [4.78, 5) is 23.7. The molecular formula is C15H19NO4. The summed E-state index contributed by atoms with van der Waals surface area (Å²) in [5.74, 6) is -1.71. The van der Waals surface area contributed by atoms with Gasteiger partial charge in [0.25, 0.3) is 0 Å². The molecule has 0 saturated carbocycles. The fourth-order valence-electron chi connectivity index (χ4n) is 1.51. The third-order valence-corrected chi connectivity index (χ3v) is 2.72. The summed E-state index contributed by atoms with van der Waals surface area (Å²) in [6.07, 6.45) is 0. The molecule has 2 N–H and O–H groups in total. The van der Waals surface area contributed by atoms with Crippen LogP contribution in [0.5, 0.6) is 0 Å². The standard InChI is InChI=1S/C15H19NO4/c1-10(2)13(16)12(14(17)19-3)15(18)20-9-11-7-5-4-6-8-11/h4-8,10H,9,16H2,1-3H3. The number of ether oxygens (including phenoxy) is 2. The summed E-state index contributed by atoms with van der Waals surface area (Å²) < 4.78 is 9.69. The predicted octanol–water partition coefficient (Wildman–Crippen LogP) is 1.77. The second-order valence-corrected chi connectivity index (χ2v) is 4.54. The van der Waals surface area contributed by atoms with Crippen LogP contribution in [0.1, 0.15) is 19.4 Å². The van der Waals surface area contributed by atoms with Gasteiger partial charge in [0, 0.05) is 5.70 Å². The van der Waals surface area contributed by atoms with E-state index in [1.807, 2.05) is 30.3 Å². The third kappa shape index (κ3) is 4.12. The van der Waals surface area contributed by atoms with Gasteiger partial charge in [0.05, 0.1) is 7.11 Å². The number of esters is 2. The monoisotopic (exact) mass is 277 g/mol. The number of hydrogen-bond donors (Lipinski definition) is 1. The minimum absolute atomic E-state index is 0.0749. The van der Waals surface area contributed by atoms with E-state index in [4.69, 9.17) is 10.5 Å². The zero-order valence-corrected chi connectivity index (χ0v) is 11.9. The van der Waals surface area contributed by atoms with Crippen molar-refractivity contribution in [2.24, 2.45) is 11.7 Å². The third-order valence-electron chi connectivity index (χ3n) is 2.72. The Labute approximate surface area is 118 Å². The Bertz CT molecular complexity index is 506. The number of hydrogen-bond acceptors (Lipinski definition) is 5. The maximum absolute atomic E-state index is 12.0. The molecule has 0 unspecified atom stereocenters. The van der Waals surface area contributed by atoms with E-state index in [2.05, 4.69) is 4.74 Å². The summed E-state index contributed by atoms with van der Waals surface area (Å²) in [6, 6.07) is 9.18. The summed E-state index contributed by atoms with van der Waals surface area (Å²) >= 11 is 0. The van der Waals surface area contributed by atoms with E-state index < -0.39 is 11.9 Å². The van der Waals surface area contributed by atoms with Crippen molar-refractivity contribution in [2.45, 2.75) is 20.5 Å². The molecule has 1 aromatic carbocycles. The van der Waals surface area contributed by atoms with Crippen LogP contribution < -0.4 is 5.73 Å². The number of rotatable bonds is 5.